The van der Waals surface area contributed by atoms with Crippen LogP contribution in [0.3, 0.4) is 0 Å². The van der Waals surface area contributed by atoms with Gasteiger partial charge in [-0.25, -0.2) is 4.98 Å². The van der Waals surface area contributed by atoms with Crippen LogP contribution in [0.1, 0.15) is 11.1 Å². The van der Waals surface area contributed by atoms with Crippen molar-refractivity contribution in [3.05, 3.63) is 53.7 Å². The van der Waals surface area contributed by atoms with Crippen molar-refractivity contribution in [3.8, 4) is 0 Å². The molecule has 0 bridgehead atoms. The molecule has 1 aromatic carbocycles. The van der Waals surface area contributed by atoms with Gasteiger partial charge in [0.05, 0.1) is 11.3 Å². The number of alkyl halides is 3. The number of halogens is 3. The van der Waals surface area contributed by atoms with E-state index in [2.05, 4.69) is 10.3 Å². The first-order valence-corrected chi connectivity index (χ1v) is 6.49. The summed E-state index contributed by atoms with van der Waals surface area (Å²) in [5.74, 6) is -2.16. The molecule has 0 fully saturated rings. The van der Waals surface area contributed by atoms with E-state index >= 15 is 0 Å². The maximum absolute atomic E-state index is 12.8. The molecule has 2 N–H and O–H groups in total. The van der Waals surface area contributed by atoms with Crippen LogP contribution in [0.4, 0.5) is 24.7 Å². The fourth-order valence-corrected chi connectivity index (χ4v) is 1.80. The predicted molar refractivity (Wildman–Crippen MR) is 77.7 cm³/mol. The molecule has 0 saturated heterocycles. The Kier molecular flexibility index (Phi) is 4.63. The van der Waals surface area contributed by atoms with Crippen LogP contribution in [0.25, 0.3) is 0 Å². The van der Waals surface area contributed by atoms with Gasteiger partial charge in [0, 0.05) is 6.20 Å². The van der Waals surface area contributed by atoms with Gasteiger partial charge in [0.25, 0.3) is 0 Å². The highest BCUT2D eigenvalue weighted by Gasteiger charge is 2.34. The minimum atomic E-state index is -4.64. The largest absolute Gasteiger partial charge is 0.418 e. The second-order valence-electron chi connectivity index (χ2n) is 4.62. The fraction of sp³-hybridized carbons (Fsp3) is 0.133. The zero-order chi connectivity index (χ0) is 17.0. The number of carbonyl (C=O) groups excluding carboxylic acids is 2. The van der Waals surface area contributed by atoms with Gasteiger partial charge < -0.3 is 10.6 Å². The Morgan fingerprint density at radius 1 is 1.00 bits per heavy atom. The number of nitrogens with zero attached hydrogens (tertiary/aromatic N) is 1. The minimum absolute atomic E-state index is 0.164. The summed E-state index contributed by atoms with van der Waals surface area (Å²) in [6, 6.07) is 7.71. The van der Waals surface area contributed by atoms with E-state index in [1.807, 2.05) is 5.32 Å². The molecule has 2 aromatic rings. The summed E-state index contributed by atoms with van der Waals surface area (Å²) in [7, 11) is 0. The van der Waals surface area contributed by atoms with E-state index < -0.39 is 29.2 Å². The van der Waals surface area contributed by atoms with E-state index in [9.17, 15) is 22.8 Å². The fourth-order valence-electron chi connectivity index (χ4n) is 1.80. The second-order valence-corrected chi connectivity index (χ2v) is 4.62. The third-order valence-corrected chi connectivity index (χ3v) is 2.93. The Balaban J connectivity index is 2.14. The molecule has 120 valence electrons. The molecule has 1 heterocycles. The second kappa shape index (κ2) is 6.47. The Bertz CT molecular complexity index is 745. The van der Waals surface area contributed by atoms with Gasteiger partial charge in [-0.05, 0) is 30.7 Å². The number of para-hydroxylation sites is 1. The van der Waals surface area contributed by atoms with Gasteiger partial charge in [-0.2, -0.15) is 13.2 Å². The van der Waals surface area contributed by atoms with Crippen molar-refractivity contribution in [1.29, 1.82) is 0 Å². The van der Waals surface area contributed by atoms with Crippen molar-refractivity contribution < 1.29 is 22.8 Å². The molecule has 2 amide bonds. The Morgan fingerprint density at radius 3 is 2.30 bits per heavy atom. The number of carbonyl (C=O) groups is 2. The SMILES string of the molecule is Cc1cccnc1NC(=O)C(=O)Nc1ccccc1C(F)(F)F. The third kappa shape index (κ3) is 4.06. The average Bonchev–Trinajstić information content (AvgIpc) is 2.49. The van der Waals surface area contributed by atoms with E-state index in [-0.39, 0.29) is 5.82 Å². The molecule has 5 nitrogen and oxygen atoms in total. The average molecular weight is 323 g/mol. The first-order chi connectivity index (χ1) is 10.8. The molecule has 1 aromatic heterocycles. The first kappa shape index (κ1) is 16.5. The van der Waals surface area contributed by atoms with Crippen molar-refractivity contribution in [2.75, 3.05) is 10.6 Å². The molecule has 0 aliphatic carbocycles. The van der Waals surface area contributed by atoms with E-state index in [0.29, 0.717) is 5.56 Å². The summed E-state index contributed by atoms with van der Waals surface area (Å²) >= 11 is 0. The molecule has 0 aliphatic heterocycles. The summed E-state index contributed by atoms with van der Waals surface area (Å²) < 4.78 is 38.5. The Morgan fingerprint density at radius 2 is 1.65 bits per heavy atom. The smallest absolute Gasteiger partial charge is 0.317 e. The molecule has 0 aliphatic rings. The minimum Gasteiger partial charge on any atom is -0.317 e. The zero-order valence-corrected chi connectivity index (χ0v) is 11.9. The molecule has 0 atom stereocenters. The number of pyridine rings is 1. The summed E-state index contributed by atoms with van der Waals surface area (Å²) in [6.45, 7) is 1.67. The van der Waals surface area contributed by atoms with Crippen molar-refractivity contribution in [2.24, 2.45) is 0 Å². The van der Waals surface area contributed by atoms with Crippen LogP contribution in [0.2, 0.25) is 0 Å². The van der Waals surface area contributed by atoms with Gasteiger partial charge in [-0.15, -0.1) is 0 Å². The number of hydrogen-bond donors (Lipinski definition) is 2. The number of benzene rings is 1. The van der Waals surface area contributed by atoms with Gasteiger partial charge in [-0.1, -0.05) is 18.2 Å². The van der Waals surface area contributed by atoms with Gasteiger partial charge in [-0.3, -0.25) is 9.59 Å². The van der Waals surface area contributed by atoms with E-state index in [1.165, 1.54) is 18.3 Å². The normalized spacial score (nSPS) is 11.0. The lowest BCUT2D eigenvalue weighted by molar-refractivity contribution is -0.137. The molecular weight excluding hydrogens is 311 g/mol. The molecular formula is C15H12F3N3O2. The molecule has 0 saturated carbocycles. The summed E-state index contributed by atoms with van der Waals surface area (Å²) in [5.41, 5.74) is -0.905. The van der Waals surface area contributed by atoms with E-state index in [0.717, 1.165) is 12.1 Å². The third-order valence-electron chi connectivity index (χ3n) is 2.93. The van der Waals surface area contributed by atoms with Crippen molar-refractivity contribution in [1.82, 2.24) is 4.98 Å². The standard InChI is InChI=1S/C15H12F3N3O2/c1-9-5-4-8-19-12(9)21-14(23)13(22)20-11-7-3-2-6-10(11)15(16,17)18/h2-8H,1H3,(H,20,22)(H,19,21,23). The molecule has 0 unspecified atom stereocenters. The molecule has 8 heteroatoms. The van der Waals surface area contributed by atoms with Crippen LogP contribution in [0.15, 0.2) is 42.6 Å². The lowest BCUT2D eigenvalue weighted by Gasteiger charge is -2.13. The van der Waals surface area contributed by atoms with Gasteiger partial charge >= 0.3 is 18.0 Å². The topological polar surface area (TPSA) is 71.1 Å². The first-order valence-electron chi connectivity index (χ1n) is 6.49. The monoisotopic (exact) mass is 323 g/mol. The molecule has 0 radical (unpaired) electrons. The summed E-state index contributed by atoms with van der Waals surface area (Å²) in [5, 5.41) is 4.20. The van der Waals surface area contributed by atoms with E-state index in [4.69, 9.17) is 0 Å². The predicted octanol–water partition coefficient (Wildman–Crippen LogP) is 2.99. The number of hydrogen-bond acceptors (Lipinski definition) is 3. The highest BCUT2D eigenvalue weighted by atomic mass is 19.4. The van der Waals surface area contributed by atoms with E-state index in [1.54, 1.807) is 19.1 Å². The van der Waals surface area contributed by atoms with Crippen LogP contribution in [-0.2, 0) is 15.8 Å². The number of nitrogens with one attached hydrogen (secondary N) is 2. The number of rotatable bonds is 2. The Labute approximate surface area is 129 Å². The number of aryl methyl sites for hydroxylation is 1. The quantitative estimate of drug-likeness (QED) is 0.835. The maximum atomic E-state index is 12.8. The van der Waals surface area contributed by atoms with Gasteiger partial charge in [0.2, 0.25) is 0 Å². The van der Waals surface area contributed by atoms with Crippen molar-refractivity contribution >= 4 is 23.3 Å². The zero-order valence-electron chi connectivity index (χ0n) is 11.9. The highest BCUT2D eigenvalue weighted by molar-refractivity contribution is 6.43. The van der Waals surface area contributed by atoms with Crippen molar-refractivity contribution in [2.45, 2.75) is 13.1 Å². The lowest BCUT2D eigenvalue weighted by atomic mass is 10.1. The lowest BCUT2D eigenvalue weighted by Crippen LogP contribution is -2.30. The maximum Gasteiger partial charge on any atom is 0.418 e. The number of anilines is 2. The number of amides is 2. The summed E-state index contributed by atoms with van der Waals surface area (Å²) in [4.78, 5) is 27.4. The van der Waals surface area contributed by atoms with Gasteiger partial charge in [0.15, 0.2) is 0 Å². The molecule has 0 spiro atoms. The van der Waals surface area contributed by atoms with Gasteiger partial charge in [0.1, 0.15) is 5.82 Å². The van der Waals surface area contributed by atoms with Crippen LogP contribution < -0.4 is 10.6 Å². The number of aromatic nitrogens is 1. The van der Waals surface area contributed by atoms with Crippen molar-refractivity contribution in [3.63, 3.8) is 0 Å². The van der Waals surface area contributed by atoms with Crippen LogP contribution in [0.5, 0.6) is 0 Å². The molecule has 2 rings (SSSR count). The highest BCUT2D eigenvalue weighted by Crippen LogP contribution is 2.34. The molecule has 23 heavy (non-hydrogen) atoms. The van der Waals surface area contributed by atoms with Crippen LogP contribution in [-0.4, -0.2) is 16.8 Å². The summed E-state index contributed by atoms with van der Waals surface area (Å²) in [6.07, 6.45) is -3.22. The Hall–Kier alpha value is -2.90. The van der Waals surface area contributed by atoms with Crippen LogP contribution in [0, 0.1) is 6.92 Å². The van der Waals surface area contributed by atoms with Crippen LogP contribution >= 0.6 is 0 Å².